The second-order valence-corrected chi connectivity index (χ2v) is 6.88. The van der Waals surface area contributed by atoms with Crippen molar-refractivity contribution in [1.29, 1.82) is 0 Å². The molecule has 1 aliphatic carbocycles. The number of carboxylic acids is 1. The fraction of sp³-hybridized carbons (Fsp3) is 0.474. The van der Waals surface area contributed by atoms with Crippen molar-refractivity contribution in [2.75, 3.05) is 6.54 Å². The minimum absolute atomic E-state index is 0.00962. The molecular weight excluding hydrogens is 372 g/mol. The van der Waals surface area contributed by atoms with Gasteiger partial charge < -0.3 is 14.5 Å². The molecule has 0 atom stereocenters. The summed E-state index contributed by atoms with van der Waals surface area (Å²) >= 11 is 0. The quantitative estimate of drug-likeness (QED) is 0.666. The summed E-state index contributed by atoms with van der Waals surface area (Å²) in [5.74, 6) is -1.71. The van der Waals surface area contributed by atoms with Crippen LogP contribution in [0.15, 0.2) is 22.7 Å². The normalized spacial score (nSPS) is 13.5. The lowest BCUT2D eigenvalue weighted by atomic mass is 10.1. The number of aliphatic carboxylic acids is 1. The van der Waals surface area contributed by atoms with Gasteiger partial charge in [-0.1, -0.05) is 11.2 Å². The van der Waals surface area contributed by atoms with Gasteiger partial charge in [0, 0.05) is 31.8 Å². The van der Waals surface area contributed by atoms with Crippen LogP contribution in [-0.4, -0.2) is 38.6 Å². The van der Waals surface area contributed by atoms with Gasteiger partial charge in [-0.3, -0.25) is 9.59 Å². The van der Waals surface area contributed by atoms with Crippen molar-refractivity contribution in [3.63, 3.8) is 0 Å². The van der Waals surface area contributed by atoms with E-state index in [1.54, 1.807) is 0 Å². The molecule has 1 amide bonds. The van der Waals surface area contributed by atoms with E-state index in [-0.39, 0.29) is 31.8 Å². The highest BCUT2D eigenvalue weighted by Crippen LogP contribution is 2.38. The molecule has 3 rings (SSSR count). The molecule has 0 saturated heterocycles. The van der Waals surface area contributed by atoms with E-state index in [1.807, 2.05) is 0 Å². The minimum Gasteiger partial charge on any atom is -0.481 e. The molecule has 1 heterocycles. The highest BCUT2D eigenvalue weighted by molar-refractivity contribution is 5.77. The van der Waals surface area contributed by atoms with E-state index in [4.69, 9.17) is 9.63 Å². The van der Waals surface area contributed by atoms with Crippen LogP contribution in [0.1, 0.15) is 55.3 Å². The predicted octanol–water partition coefficient (Wildman–Crippen LogP) is 3.05. The molecule has 0 aliphatic heterocycles. The maximum Gasteiger partial charge on any atom is 0.305 e. The third kappa shape index (κ3) is 5.58. The van der Waals surface area contributed by atoms with Crippen molar-refractivity contribution in [3.8, 4) is 0 Å². The van der Waals surface area contributed by atoms with Crippen molar-refractivity contribution in [3.05, 3.63) is 47.1 Å². The summed E-state index contributed by atoms with van der Waals surface area (Å²) < 4.78 is 31.6. The maximum absolute atomic E-state index is 13.4. The average Bonchev–Trinajstić information content (AvgIpc) is 3.40. The van der Waals surface area contributed by atoms with Crippen molar-refractivity contribution in [2.24, 2.45) is 0 Å². The smallest absolute Gasteiger partial charge is 0.305 e. The highest BCUT2D eigenvalue weighted by Gasteiger charge is 2.28. The third-order valence-corrected chi connectivity index (χ3v) is 4.51. The second-order valence-electron chi connectivity index (χ2n) is 6.88. The van der Waals surface area contributed by atoms with Gasteiger partial charge in [0.25, 0.3) is 0 Å². The number of nitrogens with zero attached hydrogens (tertiary/aromatic N) is 3. The first-order chi connectivity index (χ1) is 13.4. The number of aryl methyl sites for hydroxylation is 1. The van der Waals surface area contributed by atoms with Gasteiger partial charge in [-0.15, -0.1) is 0 Å². The van der Waals surface area contributed by atoms with Crippen LogP contribution in [0, 0.1) is 11.6 Å². The Bertz CT molecular complexity index is 851. The number of hydrogen-bond acceptors (Lipinski definition) is 5. The summed E-state index contributed by atoms with van der Waals surface area (Å²) in [5, 5.41) is 12.8. The van der Waals surface area contributed by atoms with Crippen LogP contribution in [0.25, 0.3) is 0 Å². The zero-order chi connectivity index (χ0) is 20.1. The summed E-state index contributed by atoms with van der Waals surface area (Å²) in [6.07, 6.45) is 2.98. The Labute approximate surface area is 160 Å². The zero-order valence-electron chi connectivity index (χ0n) is 15.2. The number of carboxylic acid groups (broad SMARTS) is 1. The Kier molecular flexibility index (Phi) is 6.33. The third-order valence-electron chi connectivity index (χ3n) is 4.51. The maximum atomic E-state index is 13.4. The predicted molar refractivity (Wildman–Crippen MR) is 93.2 cm³/mol. The van der Waals surface area contributed by atoms with Crippen LogP contribution in [0.5, 0.6) is 0 Å². The summed E-state index contributed by atoms with van der Waals surface area (Å²) in [5.41, 5.74) is 0.392. The Hall–Kier alpha value is -2.84. The number of carbonyl (C=O) groups excluding carboxylic acids is 1. The molecule has 28 heavy (non-hydrogen) atoms. The van der Waals surface area contributed by atoms with Crippen LogP contribution >= 0.6 is 0 Å². The van der Waals surface area contributed by atoms with Crippen LogP contribution in [0.3, 0.4) is 0 Å². The van der Waals surface area contributed by atoms with Crippen molar-refractivity contribution in [2.45, 2.75) is 51.0 Å². The van der Waals surface area contributed by atoms with E-state index >= 15 is 0 Å². The number of rotatable bonds is 10. The highest BCUT2D eigenvalue weighted by atomic mass is 19.2. The Balaban J connectivity index is 1.55. The first-order valence-electron chi connectivity index (χ1n) is 9.18. The van der Waals surface area contributed by atoms with Gasteiger partial charge in [-0.05, 0) is 37.0 Å². The molecule has 7 nitrogen and oxygen atoms in total. The SMILES string of the molecule is O=C(O)CCN(Cc1ccc(F)c(F)c1)C(=O)CCCc1nc(C2CC2)no1. The number of benzene rings is 1. The van der Waals surface area contributed by atoms with Crippen LogP contribution < -0.4 is 0 Å². The lowest BCUT2D eigenvalue weighted by Crippen LogP contribution is -2.32. The van der Waals surface area contributed by atoms with Crippen LogP contribution in [-0.2, 0) is 22.6 Å². The van der Waals surface area contributed by atoms with Gasteiger partial charge >= 0.3 is 5.97 Å². The summed E-state index contributed by atoms with van der Waals surface area (Å²) in [4.78, 5) is 29.0. The van der Waals surface area contributed by atoms with Crippen molar-refractivity contribution in [1.82, 2.24) is 15.0 Å². The molecule has 9 heteroatoms. The molecule has 1 fully saturated rings. The fourth-order valence-corrected chi connectivity index (χ4v) is 2.81. The van der Waals surface area contributed by atoms with E-state index in [2.05, 4.69) is 10.1 Å². The molecule has 0 radical (unpaired) electrons. The van der Waals surface area contributed by atoms with Gasteiger partial charge in [-0.25, -0.2) is 8.78 Å². The first kappa shape index (κ1) is 19.9. The zero-order valence-corrected chi connectivity index (χ0v) is 15.2. The number of hydrogen-bond donors (Lipinski definition) is 1. The summed E-state index contributed by atoms with van der Waals surface area (Å²) in [6.45, 7) is -0.00472. The molecule has 150 valence electrons. The summed E-state index contributed by atoms with van der Waals surface area (Å²) in [7, 11) is 0. The Morgan fingerprint density at radius 1 is 1.21 bits per heavy atom. The molecule has 1 aliphatic rings. The van der Waals surface area contributed by atoms with Crippen molar-refractivity contribution < 1.29 is 28.0 Å². The lowest BCUT2D eigenvalue weighted by Gasteiger charge is -2.22. The van der Waals surface area contributed by atoms with Gasteiger partial charge in [-0.2, -0.15) is 4.98 Å². The standard InChI is InChI=1S/C19H21F2N3O4/c20-14-7-4-12(10-15(14)21)11-24(9-8-18(26)27)17(25)3-1-2-16-22-19(23-28-16)13-5-6-13/h4,7,10,13H,1-3,5-6,8-9,11H2,(H,26,27). The Morgan fingerprint density at radius 3 is 2.68 bits per heavy atom. The number of carbonyl (C=O) groups is 2. The van der Waals surface area contributed by atoms with E-state index < -0.39 is 17.6 Å². The van der Waals surface area contributed by atoms with E-state index in [0.717, 1.165) is 25.0 Å². The van der Waals surface area contributed by atoms with E-state index in [0.29, 0.717) is 36.0 Å². The van der Waals surface area contributed by atoms with Crippen molar-refractivity contribution >= 4 is 11.9 Å². The fourth-order valence-electron chi connectivity index (χ4n) is 2.81. The molecule has 0 unspecified atom stereocenters. The van der Waals surface area contributed by atoms with E-state index in [1.165, 1.54) is 11.0 Å². The van der Waals surface area contributed by atoms with E-state index in [9.17, 15) is 18.4 Å². The van der Waals surface area contributed by atoms with Gasteiger partial charge in [0.2, 0.25) is 11.8 Å². The molecule has 1 aromatic heterocycles. The minimum atomic E-state index is -1.04. The molecule has 0 bridgehead atoms. The molecule has 2 aromatic rings. The number of halogens is 2. The lowest BCUT2D eigenvalue weighted by molar-refractivity contribution is -0.138. The van der Waals surface area contributed by atoms with Crippen LogP contribution in [0.4, 0.5) is 8.78 Å². The monoisotopic (exact) mass is 393 g/mol. The topological polar surface area (TPSA) is 96.5 Å². The van der Waals surface area contributed by atoms with Gasteiger partial charge in [0.15, 0.2) is 17.5 Å². The summed E-state index contributed by atoms with van der Waals surface area (Å²) in [6, 6.07) is 3.36. The molecule has 0 spiro atoms. The molecule has 1 aromatic carbocycles. The second kappa shape index (κ2) is 8.90. The number of amides is 1. The average molecular weight is 393 g/mol. The van der Waals surface area contributed by atoms with Gasteiger partial charge in [0.05, 0.1) is 6.42 Å². The number of aromatic nitrogens is 2. The molecule has 1 saturated carbocycles. The first-order valence-corrected chi connectivity index (χ1v) is 9.18. The Morgan fingerprint density at radius 2 is 2.00 bits per heavy atom. The largest absolute Gasteiger partial charge is 0.481 e. The molecular formula is C19H21F2N3O4. The molecule has 1 N–H and O–H groups in total. The van der Waals surface area contributed by atoms with Gasteiger partial charge in [0.1, 0.15) is 0 Å². The van der Waals surface area contributed by atoms with Crippen LogP contribution in [0.2, 0.25) is 0 Å².